The minimum absolute atomic E-state index is 0.0253. The van der Waals surface area contributed by atoms with Crippen molar-refractivity contribution in [3.05, 3.63) is 213 Å². The van der Waals surface area contributed by atoms with Crippen molar-refractivity contribution in [3.8, 4) is 30.1 Å². The number of unbranched alkanes of at least 4 members (excludes halogenated alkanes) is 3. The number of hydrogen-bond donors (Lipinski definition) is 5. The highest BCUT2D eigenvalue weighted by Gasteiger charge is 2.36. The maximum absolute atomic E-state index is 13.5. The number of ether oxygens (including phenoxy) is 5. The highest BCUT2D eigenvalue weighted by atomic mass is 16.5. The normalized spacial score (nSPS) is 16.2. The summed E-state index contributed by atoms with van der Waals surface area (Å²) in [5.41, 5.74) is 47.8. The van der Waals surface area contributed by atoms with Crippen LogP contribution in [0.4, 0.5) is 58.2 Å². The van der Waals surface area contributed by atoms with Gasteiger partial charge < -0.3 is 86.7 Å². The van der Waals surface area contributed by atoms with E-state index in [2.05, 4.69) is 188 Å². The van der Waals surface area contributed by atoms with E-state index in [4.69, 9.17) is 62.3 Å². The number of rotatable bonds is 39. The van der Waals surface area contributed by atoms with E-state index < -0.39 is 0 Å². The largest absolute Gasteiger partial charge is 0.463 e. The molecule has 1 saturated carbocycles. The van der Waals surface area contributed by atoms with Crippen LogP contribution in [0.2, 0.25) is 0 Å². The van der Waals surface area contributed by atoms with E-state index in [1.807, 2.05) is 94.4 Å². The Kier molecular flexibility index (Phi) is 40.3. The molecule has 2 saturated heterocycles. The first-order chi connectivity index (χ1) is 69.9. The second kappa shape index (κ2) is 53.6. The Hall–Kier alpha value is -13.2. The molecular weight excluding hydrogens is 1820 g/mol. The minimum atomic E-state index is -0.171. The number of carbonyl (C=O) groups is 2. The number of nitrogens with zero attached hydrogens (tertiary/aromatic N) is 22. The number of aryl methyl sites for hydroxylation is 3. The van der Waals surface area contributed by atoms with Gasteiger partial charge in [0.25, 0.3) is 5.91 Å². The second-order valence-electron chi connectivity index (χ2n) is 40.1. The van der Waals surface area contributed by atoms with Gasteiger partial charge in [-0.15, -0.1) is 0 Å². The summed E-state index contributed by atoms with van der Waals surface area (Å²) in [6.07, 6.45) is 26.4. The Labute approximate surface area is 858 Å². The standard InChI is InChI=1S/C30H45N7O2.C23H37N5O.C20H27N5O.C19H23N5O2.C19H25N5O/c1-5-10-24(3)39-30-32-28(31)26-19-23(2)20-37(29(26)33-30)14-9-13-36(21-25-11-7-6-8-12-25)27(38)22-35-17-15-34(4)16-18-35;1-3-4-13-29-23-25-21(24)20-14-17(2)15-28(22(20)26-23)12-9-18-7-10-27(11-8-18)16-19-5-6-19;1-5-6-15(4)26-20-23-18(21)17-9-13(2)11-25(19(17)24-20)12-16-8-7-14(3)22-10-16;1-4-5-8-26-19-22-16(20)15-9-12(2)18(25)24(17(15)23-19)11-14-7-6-13(3)21-10-14;1-4-5-8-25-19-22-17(20)16-9-13(2)11-24(18(16)23-19)12-15-7-6-14(3)21-10-15/h6-8,11-12,24H,2,5,9-10,13-22H2,1,3-4H3,(H2,31,32,33);18-19H,2-16H2,1H3,(H2,24,25,26);7-8,10,15H,2,5-6,9,11-12H2,1,3-4H3,(H2,21,23,24);6-7,10H,2,4-5,8-9,11H2,1,3H3,(H2,20,22,23);6-7,10H,2,4-5,8-9,11-12H2,1,3H3,(H2,20,22,23). The number of nitrogens with two attached hydrogens (primary N) is 5. The summed E-state index contributed by atoms with van der Waals surface area (Å²) in [6.45, 7) is 58.9. The fraction of sp³-hybridized carbons (Fsp3) is 0.523. The Morgan fingerprint density at radius 1 is 0.428 bits per heavy atom. The molecule has 34 heteroatoms. The predicted molar refractivity (Wildman–Crippen MR) is 579 cm³/mol. The molecule has 3 fully saturated rings. The molecule has 2 amide bonds. The number of nitrogen functional groups attached to an aromatic ring is 5. The lowest BCUT2D eigenvalue weighted by Gasteiger charge is -2.35. The number of likely N-dealkylation sites (tertiary alicyclic amines) is 1. The number of piperidine rings is 1. The van der Waals surface area contributed by atoms with Crippen molar-refractivity contribution in [2.24, 2.45) is 11.8 Å². The van der Waals surface area contributed by atoms with Crippen LogP contribution < -0.4 is 76.9 Å². The topological polar surface area (TPSA) is 407 Å². The summed E-state index contributed by atoms with van der Waals surface area (Å²) in [5, 5.41) is 0. The molecule has 8 aliphatic rings. The molecule has 2 atom stereocenters. The number of amides is 2. The van der Waals surface area contributed by atoms with E-state index in [1.165, 1.54) is 57.3 Å². The van der Waals surface area contributed by atoms with E-state index in [-0.39, 0.29) is 30.0 Å². The van der Waals surface area contributed by atoms with Gasteiger partial charge >= 0.3 is 30.1 Å². The van der Waals surface area contributed by atoms with Crippen LogP contribution in [0.3, 0.4) is 0 Å². The molecule has 1 aliphatic carbocycles. The van der Waals surface area contributed by atoms with Crippen LogP contribution in [0, 0.1) is 32.6 Å². The molecule has 10 N–H and O–H groups in total. The monoisotopic (exact) mass is 1980 g/mol. The molecule has 17 rings (SSSR count). The molecule has 8 aromatic heterocycles. The first-order valence-corrected chi connectivity index (χ1v) is 52.3. The van der Waals surface area contributed by atoms with Crippen LogP contribution in [0.15, 0.2) is 146 Å². The average Bonchev–Trinajstić information content (AvgIpc) is 1.61. The van der Waals surface area contributed by atoms with Crippen LogP contribution in [0.5, 0.6) is 30.1 Å². The number of benzene rings is 1. The van der Waals surface area contributed by atoms with Gasteiger partial charge in [0.1, 0.15) is 58.2 Å². The van der Waals surface area contributed by atoms with Crippen LogP contribution >= 0.6 is 0 Å². The number of anilines is 10. The lowest BCUT2D eigenvalue weighted by molar-refractivity contribution is -0.133. The van der Waals surface area contributed by atoms with Crippen LogP contribution in [0.25, 0.3) is 0 Å². The lowest BCUT2D eigenvalue weighted by atomic mass is 9.92. The van der Waals surface area contributed by atoms with E-state index in [1.54, 1.807) is 11.1 Å². The van der Waals surface area contributed by atoms with E-state index >= 15 is 0 Å². The van der Waals surface area contributed by atoms with Crippen molar-refractivity contribution in [1.82, 2.24) is 84.4 Å². The average molecular weight is 1980 g/mol. The van der Waals surface area contributed by atoms with Crippen molar-refractivity contribution in [1.29, 1.82) is 0 Å². The third-order valence-electron chi connectivity index (χ3n) is 27.0. The number of pyridine rings is 3. The molecule has 7 aliphatic heterocycles. The number of aromatic nitrogens is 13. The molecule has 34 nitrogen and oxygen atoms in total. The molecule has 145 heavy (non-hydrogen) atoms. The van der Waals surface area contributed by atoms with Gasteiger partial charge in [-0.25, -0.2) is 0 Å². The molecule has 1 aromatic carbocycles. The maximum atomic E-state index is 13.5. The van der Waals surface area contributed by atoms with Gasteiger partial charge in [-0.3, -0.25) is 34.3 Å². The Morgan fingerprint density at radius 2 is 0.821 bits per heavy atom. The fourth-order valence-corrected chi connectivity index (χ4v) is 18.6. The predicted octanol–water partition coefficient (Wildman–Crippen LogP) is 16.0. The molecule has 2 unspecified atom stereocenters. The third kappa shape index (κ3) is 32.1. The third-order valence-corrected chi connectivity index (χ3v) is 27.0. The van der Waals surface area contributed by atoms with Crippen molar-refractivity contribution >= 4 is 70.0 Å². The second-order valence-corrected chi connectivity index (χ2v) is 40.1. The summed E-state index contributed by atoms with van der Waals surface area (Å²) in [5.74, 6) is 8.04. The number of likely N-dealkylation sites (N-methyl/N-ethyl adjacent to an activating group) is 1. The SMILES string of the molecule is C=C1Cc2c(N)nc(OC(C)CCC)nc2N(CCCN(Cc2ccccc2)C(=O)CN2CCN(C)CC2)C1.C=C1Cc2c(N)nc(OC(C)CCC)nc2N(Cc2ccc(C)nc2)C1.C=C1Cc2c(N)nc(OCCCC)nc2N(CCC2CCN(CC3CC3)CC2)C1.C=C1Cc2c(N)nc(OCCCC)nc2N(Cc2ccc(C)nc2)C1.C=C1Cc2c(N)nc(OCCCC)nc2N(Cc2ccc(C)nc2)C1=O. The van der Waals surface area contributed by atoms with Crippen molar-refractivity contribution in [2.45, 2.75) is 242 Å². The molecule has 0 bridgehead atoms. The van der Waals surface area contributed by atoms with Gasteiger partial charge in [-0.1, -0.05) is 170 Å². The van der Waals surface area contributed by atoms with Gasteiger partial charge in [0.15, 0.2) is 0 Å². The molecular formula is C111H157N27O7. The van der Waals surface area contributed by atoms with E-state index in [0.29, 0.717) is 161 Å². The fourth-order valence-electron chi connectivity index (χ4n) is 18.6. The van der Waals surface area contributed by atoms with Gasteiger partial charge in [0.2, 0.25) is 5.91 Å². The van der Waals surface area contributed by atoms with Gasteiger partial charge in [0, 0.05) is 199 Å². The molecule has 0 spiro atoms. The van der Waals surface area contributed by atoms with Crippen molar-refractivity contribution in [3.63, 3.8) is 0 Å². The molecule has 0 radical (unpaired) electrons. The zero-order chi connectivity index (χ0) is 103. The zero-order valence-electron chi connectivity index (χ0n) is 87.9. The van der Waals surface area contributed by atoms with Crippen LogP contribution in [-0.2, 0) is 67.9 Å². The molecule has 778 valence electrons. The number of carbonyl (C=O) groups excluding carboxylic acids is 2. The van der Waals surface area contributed by atoms with Gasteiger partial charge in [0.05, 0.1) is 45.1 Å². The minimum Gasteiger partial charge on any atom is -0.463 e. The maximum Gasteiger partial charge on any atom is 0.320 e. The first-order valence-electron chi connectivity index (χ1n) is 52.3. The summed E-state index contributed by atoms with van der Waals surface area (Å²) in [7, 11) is 2.13. The Morgan fingerprint density at radius 3 is 1.23 bits per heavy atom. The quantitative estimate of drug-likeness (QED) is 0.0136. The number of piperazine rings is 1. The highest BCUT2D eigenvalue weighted by molar-refractivity contribution is 6.08. The molecule has 15 heterocycles. The number of hydrogen-bond acceptors (Lipinski definition) is 32. The smallest absolute Gasteiger partial charge is 0.320 e. The summed E-state index contributed by atoms with van der Waals surface area (Å²) in [6, 6.07) is 23.9. The van der Waals surface area contributed by atoms with Crippen LogP contribution in [-0.4, -0.2) is 233 Å². The Balaban J connectivity index is 0.000000153. The summed E-state index contributed by atoms with van der Waals surface area (Å²) < 4.78 is 28.9. The van der Waals surface area contributed by atoms with Gasteiger partial charge in [-0.2, -0.15) is 49.8 Å². The van der Waals surface area contributed by atoms with Gasteiger partial charge in [-0.05, 0) is 178 Å². The summed E-state index contributed by atoms with van der Waals surface area (Å²) >= 11 is 0. The van der Waals surface area contributed by atoms with E-state index in [0.717, 1.165) is 249 Å². The van der Waals surface area contributed by atoms with E-state index in [9.17, 15) is 9.59 Å². The van der Waals surface area contributed by atoms with Crippen molar-refractivity contribution < 1.29 is 33.3 Å². The first kappa shape index (κ1) is 109. The molecule has 9 aromatic rings. The van der Waals surface area contributed by atoms with Crippen molar-refractivity contribution in [2.75, 3.05) is 178 Å². The lowest BCUT2D eigenvalue weighted by Crippen LogP contribution is -2.49. The number of fused-ring (bicyclic) bond motifs is 5. The highest BCUT2D eigenvalue weighted by Crippen LogP contribution is 2.41. The summed E-state index contributed by atoms with van der Waals surface area (Å²) in [4.78, 5) is 104. The Bertz CT molecular complexity index is 5810. The van der Waals surface area contributed by atoms with Crippen LogP contribution in [0.1, 0.15) is 218 Å². The zero-order valence-corrected chi connectivity index (χ0v) is 87.9.